The Morgan fingerprint density at radius 2 is 1.16 bits per heavy atom. The standard InChI is InChI=1S/C59H99N13O15/c1-8-33(4)59(86)87-34(5)27-50(78)66-41(15-21-61)49(77)31-40(35(6)73)54(81)67-42(16-22-62)48(76)30-39-19-25-65-58(85)51(36(7)74)72-53(80)38(14-20-60)29-47(75)43(17-23-63)68-56(83)45(26-32(2)3)70-57(84)46(28-37-12-10-9-11-13-37)71-55(82)44(18-24-64)69-52(39)79/h9-13,32-36,38-46,51,73-74H,8,14-31,60-64H2,1-7H3,(H,65,85)(H,66,78)(H,67,81)(H,68,83)(H,69,79)(H,70,84)(H,71,82)(H,72,80)/t33?,34?,35?,36?,38-,39-,40+,41+,42+,43+,44+,45+,46-,51+/m1/s1. The normalized spacial score (nSPS) is 23.1. The maximum atomic E-state index is 14.6. The van der Waals surface area contributed by atoms with Crippen LogP contribution in [0.3, 0.4) is 0 Å². The van der Waals surface area contributed by atoms with Gasteiger partial charge in [-0.3, -0.25) is 57.5 Å². The highest BCUT2D eigenvalue weighted by Crippen LogP contribution is 2.19. The van der Waals surface area contributed by atoms with Gasteiger partial charge in [0.25, 0.3) is 0 Å². The lowest BCUT2D eigenvalue weighted by atomic mass is 9.90. The molecule has 28 nitrogen and oxygen atoms in total. The van der Waals surface area contributed by atoms with Crippen molar-refractivity contribution in [2.75, 3.05) is 39.3 Å². The van der Waals surface area contributed by atoms with Gasteiger partial charge in [0, 0.05) is 44.1 Å². The summed E-state index contributed by atoms with van der Waals surface area (Å²) >= 11 is 0. The van der Waals surface area contributed by atoms with Gasteiger partial charge in [0.15, 0.2) is 17.3 Å². The van der Waals surface area contributed by atoms with Gasteiger partial charge in [0.05, 0.1) is 48.6 Å². The van der Waals surface area contributed by atoms with Crippen LogP contribution in [0, 0.1) is 29.6 Å². The number of esters is 1. The molecule has 490 valence electrons. The number of aliphatic hydroxyl groups is 2. The lowest BCUT2D eigenvalue weighted by Crippen LogP contribution is -2.59. The molecule has 4 unspecified atom stereocenters. The van der Waals surface area contributed by atoms with Gasteiger partial charge in [-0.25, -0.2) is 0 Å². The third kappa shape index (κ3) is 27.0. The number of carbonyl (C=O) groups excluding carboxylic acids is 12. The Bertz CT molecular complexity index is 2430. The van der Waals surface area contributed by atoms with Crippen LogP contribution in [0.2, 0.25) is 0 Å². The summed E-state index contributed by atoms with van der Waals surface area (Å²) in [4.78, 5) is 167. The second kappa shape index (κ2) is 39.9. The van der Waals surface area contributed by atoms with E-state index in [0.717, 1.165) is 0 Å². The minimum Gasteiger partial charge on any atom is -0.462 e. The van der Waals surface area contributed by atoms with E-state index in [1.165, 1.54) is 20.8 Å². The van der Waals surface area contributed by atoms with Gasteiger partial charge in [-0.2, -0.15) is 0 Å². The van der Waals surface area contributed by atoms with Gasteiger partial charge < -0.3 is 86.2 Å². The topological polar surface area (TPSA) is 481 Å². The van der Waals surface area contributed by atoms with Gasteiger partial charge in [-0.05, 0) is 116 Å². The zero-order valence-corrected chi connectivity index (χ0v) is 51.6. The fourth-order valence-electron chi connectivity index (χ4n) is 9.68. The number of amides is 8. The van der Waals surface area contributed by atoms with Crippen LogP contribution in [0.1, 0.15) is 131 Å². The van der Waals surface area contributed by atoms with E-state index in [-0.39, 0.29) is 96.4 Å². The number of benzene rings is 1. The van der Waals surface area contributed by atoms with E-state index in [1.807, 2.05) is 0 Å². The smallest absolute Gasteiger partial charge is 0.308 e. The highest BCUT2D eigenvalue weighted by molar-refractivity contribution is 5.99. The van der Waals surface area contributed by atoms with E-state index in [9.17, 15) is 67.7 Å². The molecule has 0 radical (unpaired) electrons. The average Bonchev–Trinajstić information content (AvgIpc) is 3.08. The number of aliphatic hydroxyl groups excluding tert-OH is 2. The maximum Gasteiger partial charge on any atom is 0.308 e. The SMILES string of the molecule is CCC(C)C(=O)OC(C)CC(=O)N[C@@H](CCN)C(=O)C[C@H](C(=O)N[C@@H](CCN)C(=O)C[C@H]1CCNC(=O)[C@H](C(C)O)NC(=O)[C@H](CCN)CC(=O)[C@H](CCN)NC(=O)[C@H](CC(C)C)NC(=O)[C@@H](Cc2ccccc2)NC(=O)[C@H](CCN)NC1=O)C(C)O. The first-order valence-corrected chi connectivity index (χ1v) is 30.2. The number of Topliss-reactive ketones (excluding diaryl/α,β-unsaturated/α-hetero) is 3. The first-order chi connectivity index (χ1) is 41.1. The predicted molar refractivity (Wildman–Crippen MR) is 321 cm³/mol. The van der Waals surface area contributed by atoms with Crippen molar-refractivity contribution in [3.63, 3.8) is 0 Å². The number of carbonyl (C=O) groups is 12. The Labute approximate surface area is 510 Å². The molecule has 1 heterocycles. The second-order valence-corrected chi connectivity index (χ2v) is 23.0. The molecule has 0 saturated carbocycles. The summed E-state index contributed by atoms with van der Waals surface area (Å²) in [7, 11) is 0. The van der Waals surface area contributed by atoms with Crippen LogP contribution in [-0.2, 0) is 68.7 Å². The van der Waals surface area contributed by atoms with Gasteiger partial charge >= 0.3 is 5.97 Å². The number of hydrogen-bond acceptors (Lipinski definition) is 20. The highest BCUT2D eigenvalue weighted by atomic mass is 16.5. The van der Waals surface area contributed by atoms with Crippen LogP contribution in [0.15, 0.2) is 30.3 Å². The van der Waals surface area contributed by atoms with Crippen molar-refractivity contribution < 1.29 is 72.5 Å². The second-order valence-electron chi connectivity index (χ2n) is 23.0. The molecular weight excluding hydrogens is 1130 g/mol. The van der Waals surface area contributed by atoms with Gasteiger partial charge in [-0.15, -0.1) is 0 Å². The largest absolute Gasteiger partial charge is 0.462 e. The number of nitrogens with one attached hydrogen (secondary N) is 8. The molecule has 1 aromatic rings. The summed E-state index contributed by atoms with van der Waals surface area (Å²) in [6.07, 6.45) is -6.47. The number of hydrogen-bond donors (Lipinski definition) is 15. The monoisotopic (exact) mass is 1230 g/mol. The maximum absolute atomic E-state index is 14.6. The molecule has 0 spiro atoms. The van der Waals surface area contributed by atoms with E-state index in [1.54, 1.807) is 58.0 Å². The van der Waals surface area contributed by atoms with Crippen molar-refractivity contribution in [1.29, 1.82) is 0 Å². The molecule has 0 aliphatic carbocycles. The van der Waals surface area contributed by atoms with E-state index in [4.69, 9.17) is 33.4 Å². The van der Waals surface area contributed by atoms with Crippen molar-refractivity contribution in [1.82, 2.24) is 42.5 Å². The van der Waals surface area contributed by atoms with E-state index >= 15 is 0 Å². The average molecular weight is 1230 g/mol. The fourth-order valence-corrected chi connectivity index (χ4v) is 9.68. The third-order valence-corrected chi connectivity index (χ3v) is 15.0. The molecule has 1 aliphatic rings. The summed E-state index contributed by atoms with van der Waals surface area (Å²) in [5.41, 5.74) is 30.1. The third-order valence-electron chi connectivity index (χ3n) is 15.0. The zero-order valence-electron chi connectivity index (χ0n) is 51.6. The van der Waals surface area contributed by atoms with Crippen molar-refractivity contribution in [2.24, 2.45) is 58.3 Å². The highest BCUT2D eigenvalue weighted by Gasteiger charge is 2.38. The molecule has 1 aromatic carbocycles. The van der Waals surface area contributed by atoms with Gasteiger partial charge in [0.2, 0.25) is 47.3 Å². The van der Waals surface area contributed by atoms with Crippen LogP contribution in [-0.4, -0.2) is 181 Å². The molecule has 28 heteroatoms. The Morgan fingerprint density at radius 1 is 0.621 bits per heavy atom. The van der Waals surface area contributed by atoms with Crippen molar-refractivity contribution in [3.05, 3.63) is 35.9 Å². The van der Waals surface area contributed by atoms with Crippen LogP contribution in [0.4, 0.5) is 0 Å². The fraction of sp³-hybridized carbons (Fsp3) is 0.695. The first kappa shape index (κ1) is 76.3. The zero-order chi connectivity index (χ0) is 65.5. The number of nitrogens with two attached hydrogens (primary N) is 5. The van der Waals surface area contributed by atoms with E-state index in [2.05, 4.69) is 42.5 Å². The molecule has 2 rings (SSSR count). The first-order valence-electron chi connectivity index (χ1n) is 30.2. The minimum absolute atomic E-state index is 0.0592. The van der Waals surface area contributed by atoms with Crippen LogP contribution < -0.4 is 71.2 Å². The molecule has 0 aromatic heterocycles. The molecule has 1 fully saturated rings. The van der Waals surface area contributed by atoms with Crippen LogP contribution >= 0.6 is 0 Å². The summed E-state index contributed by atoms with van der Waals surface area (Å²) in [5.74, 6) is -14.1. The Kier molecular flexibility index (Phi) is 35.0. The Hall–Kier alpha value is -6.82. The lowest BCUT2D eigenvalue weighted by Gasteiger charge is -2.28. The van der Waals surface area contributed by atoms with Crippen LogP contribution in [0.25, 0.3) is 0 Å². The van der Waals surface area contributed by atoms with Crippen molar-refractivity contribution in [2.45, 2.75) is 193 Å². The predicted octanol–water partition coefficient (Wildman–Crippen LogP) is -3.21. The van der Waals surface area contributed by atoms with Crippen LogP contribution in [0.5, 0.6) is 0 Å². The quantitative estimate of drug-likeness (QED) is 0.0337. The number of rotatable bonds is 30. The summed E-state index contributed by atoms with van der Waals surface area (Å²) in [6, 6.07) is -1.10. The Morgan fingerprint density at radius 3 is 1.72 bits per heavy atom. The van der Waals surface area contributed by atoms with Gasteiger partial charge in [-0.1, -0.05) is 58.0 Å². The molecule has 87 heavy (non-hydrogen) atoms. The summed E-state index contributed by atoms with van der Waals surface area (Å²) in [6.45, 7) is 10.1. The van der Waals surface area contributed by atoms with Crippen molar-refractivity contribution >= 4 is 70.6 Å². The molecule has 8 amide bonds. The number of ketones is 3. The van der Waals surface area contributed by atoms with Crippen molar-refractivity contribution in [3.8, 4) is 0 Å². The lowest BCUT2D eigenvalue weighted by molar-refractivity contribution is -0.154. The minimum atomic E-state index is -1.64. The van der Waals surface area contributed by atoms with E-state index in [0.29, 0.717) is 12.0 Å². The molecule has 20 N–H and O–H groups in total. The van der Waals surface area contributed by atoms with E-state index < -0.39 is 181 Å². The van der Waals surface area contributed by atoms with Gasteiger partial charge in [0.1, 0.15) is 30.3 Å². The number of ether oxygens (including phenoxy) is 1. The molecule has 14 atom stereocenters. The molecule has 1 saturated heterocycles. The molecule has 0 bridgehead atoms. The molecular formula is C59H99N13O15. The molecule has 1 aliphatic heterocycles. The summed E-state index contributed by atoms with van der Waals surface area (Å²) < 4.78 is 5.35. The summed E-state index contributed by atoms with van der Waals surface area (Å²) in [5, 5.41) is 42.6. The Balaban J connectivity index is 2.68.